The molecule has 0 aliphatic heterocycles. The number of hydrogen-bond acceptors (Lipinski definition) is 2. The minimum absolute atomic E-state index is 0.309. The average molecular weight is 245 g/mol. The molecule has 1 aliphatic carbocycles. The molecule has 0 spiro atoms. The van der Waals surface area contributed by atoms with Gasteiger partial charge in [-0.3, -0.25) is 0 Å². The van der Waals surface area contributed by atoms with Gasteiger partial charge >= 0.3 is 5.97 Å². The first-order valence-electron chi connectivity index (χ1n) is 5.06. The summed E-state index contributed by atoms with van der Waals surface area (Å²) in [7, 11) is 0. The Balaban J connectivity index is 2.58. The lowest BCUT2D eigenvalue weighted by Gasteiger charge is -2.26. The second-order valence-electron chi connectivity index (χ2n) is 4.20. The first kappa shape index (κ1) is 11.0. The molecule has 2 nitrogen and oxygen atoms in total. The Labute approximate surface area is 97.9 Å². The van der Waals surface area contributed by atoms with Gasteiger partial charge in [-0.1, -0.05) is 25.4 Å². The largest absolute Gasteiger partial charge is 0.478 e. The molecule has 0 aromatic carbocycles. The van der Waals surface area contributed by atoms with Gasteiger partial charge in [0.05, 0.1) is 5.56 Å². The number of halogens is 1. The number of aromatic carboxylic acids is 1. The lowest BCUT2D eigenvalue weighted by atomic mass is 9.79. The van der Waals surface area contributed by atoms with Crippen molar-refractivity contribution in [3.8, 4) is 0 Å². The van der Waals surface area contributed by atoms with Crippen molar-refractivity contribution < 1.29 is 9.90 Å². The van der Waals surface area contributed by atoms with E-state index in [1.165, 1.54) is 16.2 Å². The van der Waals surface area contributed by atoms with Crippen molar-refractivity contribution in [1.29, 1.82) is 0 Å². The summed E-state index contributed by atoms with van der Waals surface area (Å²) in [5, 5.41) is 9.14. The molecule has 1 aromatic rings. The number of carboxylic acids is 1. The second kappa shape index (κ2) is 3.80. The highest BCUT2D eigenvalue weighted by molar-refractivity contribution is 7.16. The summed E-state index contributed by atoms with van der Waals surface area (Å²) in [5.74, 6) is -0.0386. The SMILES string of the molecule is CC1CCc2sc(Cl)c(C(=O)O)c2C1C. The number of carbonyl (C=O) groups is 1. The molecule has 0 saturated heterocycles. The summed E-state index contributed by atoms with van der Waals surface area (Å²) in [5.41, 5.74) is 1.33. The normalized spacial score (nSPS) is 25.0. The fourth-order valence-electron chi connectivity index (χ4n) is 2.22. The number of aryl methyl sites for hydroxylation is 1. The van der Waals surface area contributed by atoms with Gasteiger partial charge in [0.15, 0.2) is 0 Å². The van der Waals surface area contributed by atoms with E-state index < -0.39 is 5.97 Å². The van der Waals surface area contributed by atoms with Crippen LogP contribution in [0.4, 0.5) is 0 Å². The van der Waals surface area contributed by atoms with Gasteiger partial charge in [0.25, 0.3) is 0 Å². The highest BCUT2D eigenvalue weighted by atomic mass is 35.5. The maximum atomic E-state index is 11.1. The van der Waals surface area contributed by atoms with Crippen LogP contribution in [-0.4, -0.2) is 11.1 Å². The van der Waals surface area contributed by atoms with Crippen molar-refractivity contribution in [3.63, 3.8) is 0 Å². The van der Waals surface area contributed by atoms with Crippen LogP contribution in [0.2, 0.25) is 4.34 Å². The third kappa shape index (κ3) is 1.68. The minimum atomic E-state index is -0.890. The van der Waals surface area contributed by atoms with Crippen LogP contribution in [0.3, 0.4) is 0 Å². The molecule has 0 bridgehead atoms. The van der Waals surface area contributed by atoms with E-state index in [4.69, 9.17) is 16.7 Å². The zero-order valence-electron chi connectivity index (χ0n) is 8.71. The van der Waals surface area contributed by atoms with Crippen molar-refractivity contribution in [1.82, 2.24) is 0 Å². The molecular weight excluding hydrogens is 232 g/mol. The van der Waals surface area contributed by atoms with E-state index in [0.717, 1.165) is 18.4 Å². The fraction of sp³-hybridized carbons (Fsp3) is 0.545. The monoisotopic (exact) mass is 244 g/mol. The Bertz CT molecular complexity index is 411. The third-order valence-corrected chi connectivity index (χ3v) is 4.80. The fourth-order valence-corrected chi connectivity index (χ4v) is 3.81. The molecule has 1 aliphatic rings. The summed E-state index contributed by atoms with van der Waals surface area (Å²) >= 11 is 7.42. The summed E-state index contributed by atoms with van der Waals surface area (Å²) < 4.78 is 0.438. The van der Waals surface area contributed by atoms with Crippen molar-refractivity contribution in [2.45, 2.75) is 32.6 Å². The third-order valence-electron chi connectivity index (χ3n) is 3.33. The number of thiophene rings is 1. The van der Waals surface area contributed by atoms with Crippen molar-refractivity contribution >= 4 is 28.9 Å². The lowest BCUT2D eigenvalue weighted by Crippen LogP contribution is -2.16. The Morgan fingerprint density at radius 1 is 1.53 bits per heavy atom. The maximum absolute atomic E-state index is 11.1. The molecule has 1 N–H and O–H groups in total. The summed E-state index contributed by atoms with van der Waals surface area (Å²) in [6, 6.07) is 0. The van der Waals surface area contributed by atoms with E-state index in [0.29, 0.717) is 21.7 Å². The molecule has 0 fully saturated rings. The molecule has 2 unspecified atom stereocenters. The zero-order valence-corrected chi connectivity index (χ0v) is 10.3. The van der Waals surface area contributed by atoms with Crippen LogP contribution in [0.15, 0.2) is 0 Å². The molecule has 1 heterocycles. The molecule has 2 rings (SSSR count). The number of rotatable bonds is 1. The van der Waals surface area contributed by atoms with Crippen LogP contribution in [0.1, 0.15) is 47.0 Å². The van der Waals surface area contributed by atoms with E-state index in [-0.39, 0.29) is 0 Å². The molecule has 2 atom stereocenters. The average Bonchev–Trinajstić information content (AvgIpc) is 2.49. The van der Waals surface area contributed by atoms with Crippen molar-refractivity contribution in [2.24, 2.45) is 5.92 Å². The lowest BCUT2D eigenvalue weighted by molar-refractivity contribution is 0.0695. The molecule has 4 heteroatoms. The minimum Gasteiger partial charge on any atom is -0.478 e. The topological polar surface area (TPSA) is 37.3 Å². The van der Waals surface area contributed by atoms with Gasteiger partial charge in [0.1, 0.15) is 4.34 Å². The summed E-state index contributed by atoms with van der Waals surface area (Å²) in [6.07, 6.45) is 2.10. The van der Waals surface area contributed by atoms with Gasteiger partial charge in [-0.2, -0.15) is 0 Å². The Hall–Kier alpha value is -0.540. The van der Waals surface area contributed by atoms with E-state index >= 15 is 0 Å². The molecule has 1 aromatic heterocycles. The molecule has 15 heavy (non-hydrogen) atoms. The Kier molecular flexibility index (Phi) is 2.77. The summed E-state index contributed by atoms with van der Waals surface area (Å²) in [6.45, 7) is 4.27. The smallest absolute Gasteiger partial charge is 0.338 e. The zero-order chi connectivity index (χ0) is 11.2. The quantitative estimate of drug-likeness (QED) is 0.816. The predicted octanol–water partition coefficient (Wildman–Crippen LogP) is 3.79. The molecular formula is C11H13ClO2S. The van der Waals surface area contributed by atoms with Gasteiger partial charge in [-0.25, -0.2) is 4.79 Å². The van der Waals surface area contributed by atoms with E-state index in [2.05, 4.69) is 13.8 Å². The van der Waals surface area contributed by atoms with Gasteiger partial charge < -0.3 is 5.11 Å². The van der Waals surface area contributed by atoms with Crippen LogP contribution >= 0.6 is 22.9 Å². The van der Waals surface area contributed by atoms with E-state index in [9.17, 15) is 4.79 Å². The van der Waals surface area contributed by atoms with Crippen molar-refractivity contribution in [2.75, 3.05) is 0 Å². The van der Waals surface area contributed by atoms with Gasteiger partial charge in [-0.15, -0.1) is 11.3 Å². The van der Waals surface area contributed by atoms with Crippen LogP contribution in [0, 0.1) is 5.92 Å². The molecule has 0 amide bonds. The second-order valence-corrected chi connectivity index (χ2v) is 5.90. The number of fused-ring (bicyclic) bond motifs is 1. The van der Waals surface area contributed by atoms with Gasteiger partial charge in [0.2, 0.25) is 0 Å². The van der Waals surface area contributed by atoms with E-state index in [1.54, 1.807) is 0 Å². The first-order valence-corrected chi connectivity index (χ1v) is 6.26. The van der Waals surface area contributed by atoms with Crippen LogP contribution < -0.4 is 0 Å². The standard InChI is InChI=1S/C11H13ClO2S/c1-5-3-4-7-8(6(5)2)9(11(13)14)10(12)15-7/h5-6H,3-4H2,1-2H3,(H,13,14). The predicted molar refractivity (Wildman–Crippen MR) is 62.2 cm³/mol. The number of hydrogen-bond donors (Lipinski definition) is 1. The highest BCUT2D eigenvalue weighted by Crippen LogP contribution is 2.44. The number of carboxylic acid groups (broad SMARTS) is 1. The molecule has 0 saturated carbocycles. The Morgan fingerprint density at radius 3 is 2.80 bits per heavy atom. The van der Waals surface area contributed by atoms with Crippen LogP contribution in [0.25, 0.3) is 0 Å². The maximum Gasteiger partial charge on any atom is 0.338 e. The molecule has 82 valence electrons. The van der Waals surface area contributed by atoms with E-state index in [1.807, 2.05) is 0 Å². The Morgan fingerprint density at radius 2 is 2.20 bits per heavy atom. The van der Waals surface area contributed by atoms with Crippen molar-refractivity contribution in [3.05, 3.63) is 20.3 Å². The highest BCUT2D eigenvalue weighted by Gasteiger charge is 2.31. The first-order chi connectivity index (χ1) is 7.02. The van der Waals surface area contributed by atoms with Gasteiger partial charge in [0, 0.05) is 4.88 Å². The van der Waals surface area contributed by atoms with Crippen LogP contribution in [-0.2, 0) is 6.42 Å². The van der Waals surface area contributed by atoms with Gasteiger partial charge in [-0.05, 0) is 30.2 Å². The van der Waals surface area contributed by atoms with Crippen LogP contribution in [0.5, 0.6) is 0 Å². The molecule has 0 radical (unpaired) electrons. The summed E-state index contributed by atoms with van der Waals surface area (Å²) in [4.78, 5) is 12.3.